The molecule has 120 valence electrons. The largest absolute Gasteiger partial charge is 0.337 e. The monoisotopic (exact) mass is 321 g/mol. The molecule has 0 atom stereocenters. The fourth-order valence-electron chi connectivity index (χ4n) is 2.26. The first-order valence-corrected chi connectivity index (χ1v) is 9.28. The molecule has 6 heteroatoms. The van der Waals surface area contributed by atoms with E-state index in [1.54, 1.807) is 6.20 Å². The maximum atomic E-state index is 11.9. The van der Waals surface area contributed by atoms with Crippen molar-refractivity contribution in [1.82, 2.24) is 14.3 Å². The van der Waals surface area contributed by atoms with Crippen LogP contribution in [0.5, 0.6) is 0 Å². The Morgan fingerprint density at radius 2 is 1.82 bits per heavy atom. The van der Waals surface area contributed by atoms with E-state index in [1.807, 2.05) is 42.9 Å². The van der Waals surface area contributed by atoms with Crippen LogP contribution < -0.4 is 4.72 Å². The Bertz CT molecular complexity index is 625. The van der Waals surface area contributed by atoms with Gasteiger partial charge in [-0.2, -0.15) is 0 Å². The van der Waals surface area contributed by atoms with Crippen molar-refractivity contribution in [2.24, 2.45) is 0 Å². The summed E-state index contributed by atoms with van der Waals surface area (Å²) < 4.78 is 28.6. The molecule has 0 aliphatic carbocycles. The number of imidazole rings is 1. The van der Waals surface area contributed by atoms with Crippen molar-refractivity contribution in [3.05, 3.63) is 54.6 Å². The highest BCUT2D eigenvalue weighted by Gasteiger charge is 2.09. The lowest BCUT2D eigenvalue weighted by Crippen LogP contribution is -2.26. The van der Waals surface area contributed by atoms with E-state index in [1.165, 1.54) is 0 Å². The second kappa shape index (κ2) is 8.70. The van der Waals surface area contributed by atoms with Crippen molar-refractivity contribution in [2.75, 3.05) is 6.54 Å². The van der Waals surface area contributed by atoms with E-state index >= 15 is 0 Å². The quantitative estimate of drug-likeness (QED) is 0.684. The molecule has 0 aliphatic heterocycles. The predicted molar refractivity (Wildman–Crippen MR) is 87.8 cm³/mol. The summed E-state index contributed by atoms with van der Waals surface area (Å²) in [6.45, 7) is 1.49. The molecule has 1 heterocycles. The second-order valence-corrected chi connectivity index (χ2v) is 7.16. The Morgan fingerprint density at radius 3 is 2.55 bits per heavy atom. The molecule has 0 spiro atoms. The topological polar surface area (TPSA) is 64.0 Å². The maximum Gasteiger partial charge on any atom is 0.215 e. The number of nitrogens with one attached hydrogen (secondary N) is 1. The van der Waals surface area contributed by atoms with Gasteiger partial charge in [-0.05, 0) is 18.4 Å². The summed E-state index contributed by atoms with van der Waals surface area (Å²) in [5, 5.41) is 0. The van der Waals surface area contributed by atoms with Crippen LogP contribution in [0.3, 0.4) is 0 Å². The number of aromatic nitrogens is 2. The lowest BCUT2D eigenvalue weighted by Gasteiger charge is -2.07. The maximum absolute atomic E-state index is 11.9. The summed E-state index contributed by atoms with van der Waals surface area (Å²) in [7, 11) is -3.23. The average Bonchev–Trinajstić information content (AvgIpc) is 3.00. The molecule has 2 rings (SSSR count). The second-order valence-electron chi connectivity index (χ2n) is 5.35. The van der Waals surface area contributed by atoms with Crippen LogP contribution in [0.4, 0.5) is 0 Å². The summed E-state index contributed by atoms with van der Waals surface area (Å²) >= 11 is 0. The SMILES string of the molecule is O=S(=O)(Cc1ccccc1)NCCCCCCn1ccnc1. The highest BCUT2D eigenvalue weighted by atomic mass is 32.2. The van der Waals surface area contributed by atoms with Crippen molar-refractivity contribution in [1.29, 1.82) is 0 Å². The van der Waals surface area contributed by atoms with Crippen LogP contribution in [0.2, 0.25) is 0 Å². The van der Waals surface area contributed by atoms with E-state index in [4.69, 9.17) is 0 Å². The van der Waals surface area contributed by atoms with Gasteiger partial charge in [-0.15, -0.1) is 0 Å². The van der Waals surface area contributed by atoms with Crippen LogP contribution in [0, 0.1) is 0 Å². The summed E-state index contributed by atoms with van der Waals surface area (Å²) in [4.78, 5) is 4.00. The number of nitrogens with zero attached hydrogens (tertiary/aromatic N) is 2. The third kappa shape index (κ3) is 6.41. The number of hydrogen-bond donors (Lipinski definition) is 1. The van der Waals surface area contributed by atoms with Crippen LogP contribution in [-0.2, 0) is 22.3 Å². The van der Waals surface area contributed by atoms with Gasteiger partial charge in [0.2, 0.25) is 10.0 Å². The first kappa shape index (κ1) is 16.7. The Balaban J connectivity index is 1.56. The zero-order chi connectivity index (χ0) is 15.7. The molecule has 0 saturated heterocycles. The van der Waals surface area contributed by atoms with Crippen LogP contribution in [0.1, 0.15) is 31.2 Å². The number of aryl methyl sites for hydroxylation is 1. The van der Waals surface area contributed by atoms with Gasteiger partial charge in [-0.25, -0.2) is 18.1 Å². The molecule has 0 saturated carbocycles. The molecule has 1 N–H and O–H groups in total. The molecule has 5 nitrogen and oxygen atoms in total. The number of hydrogen-bond acceptors (Lipinski definition) is 3. The van der Waals surface area contributed by atoms with Gasteiger partial charge in [0, 0.05) is 25.5 Å². The van der Waals surface area contributed by atoms with Crippen molar-refractivity contribution in [3.63, 3.8) is 0 Å². The normalized spacial score (nSPS) is 11.6. The molecule has 1 aromatic carbocycles. The molecule has 0 fully saturated rings. The van der Waals surface area contributed by atoms with Crippen molar-refractivity contribution < 1.29 is 8.42 Å². The Kier molecular flexibility index (Phi) is 6.61. The third-order valence-corrected chi connectivity index (χ3v) is 4.78. The highest BCUT2D eigenvalue weighted by Crippen LogP contribution is 2.05. The molecule has 0 aliphatic rings. The molecule has 2 aromatic rings. The number of sulfonamides is 1. The number of rotatable bonds is 10. The minimum atomic E-state index is -3.23. The smallest absolute Gasteiger partial charge is 0.215 e. The summed E-state index contributed by atoms with van der Waals surface area (Å²) in [5.74, 6) is 0.0501. The predicted octanol–water partition coefficient (Wildman–Crippen LogP) is 2.56. The van der Waals surface area contributed by atoms with Crippen LogP contribution >= 0.6 is 0 Å². The molecule has 1 aromatic heterocycles. The van der Waals surface area contributed by atoms with Crippen molar-refractivity contribution in [3.8, 4) is 0 Å². The minimum absolute atomic E-state index is 0.0501. The van der Waals surface area contributed by atoms with E-state index in [2.05, 4.69) is 14.3 Å². The average molecular weight is 321 g/mol. The zero-order valence-electron chi connectivity index (χ0n) is 12.7. The summed E-state index contributed by atoms with van der Waals surface area (Å²) in [6, 6.07) is 9.24. The van der Waals surface area contributed by atoms with Gasteiger partial charge >= 0.3 is 0 Å². The lowest BCUT2D eigenvalue weighted by atomic mass is 10.2. The van der Waals surface area contributed by atoms with Gasteiger partial charge in [0.25, 0.3) is 0 Å². The first-order valence-electron chi connectivity index (χ1n) is 7.63. The van der Waals surface area contributed by atoms with Gasteiger partial charge in [0.1, 0.15) is 0 Å². The van der Waals surface area contributed by atoms with Gasteiger partial charge < -0.3 is 4.57 Å². The molecule has 0 radical (unpaired) electrons. The number of unbranched alkanes of at least 4 members (excludes halogenated alkanes) is 3. The Hall–Kier alpha value is -1.66. The van der Waals surface area contributed by atoms with Crippen LogP contribution in [0.25, 0.3) is 0 Å². The van der Waals surface area contributed by atoms with Gasteiger partial charge in [0.15, 0.2) is 0 Å². The summed E-state index contributed by atoms with van der Waals surface area (Å²) in [6.07, 6.45) is 9.64. The van der Waals surface area contributed by atoms with Crippen LogP contribution in [0.15, 0.2) is 49.1 Å². The molecule has 0 amide bonds. The fraction of sp³-hybridized carbons (Fsp3) is 0.438. The molecule has 22 heavy (non-hydrogen) atoms. The minimum Gasteiger partial charge on any atom is -0.337 e. The zero-order valence-corrected chi connectivity index (χ0v) is 13.5. The molecular weight excluding hydrogens is 298 g/mol. The number of benzene rings is 1. The van der Waals surface area contributed by atoms with Gasteiger partial charge in [0.05, 0.1) is 12.1 Å². The van der Waals surface area contributed by atoms with E-state index in [0.717, 1.165) is 37.8 Å². The Morgan fingerprint density at radius 1 is 1.05 bits per heavy atom. The lowest BCUT2D eigenvalue weighted by molar-refractivity contribution is 0.555. The highest BCUT2D eigenvalue weighted by molar-refractivity contribution is 7.88. The summed E-state index contributed by atoms with van der Waals surface area (Å²) in [5.41, 5.74) is 0.815. The molecule has 0 unspecified atom stereocenters. The van der Waals surface area contributed by atoms with Crippen LogP contribution in [-0.4, -0.2) is 24.5 Å². The van der Waals surface area contributed by atoms with E-state index < -0.39 is 10.0 Å². The van der Waals surface area contributed by atoms with E-state index in [-0.39, 0.29) is 5.75 Å². The van der Waals surface area contributed by atoms with Gasteiger partial charge in [-0.1, -0.05) is 43.2 Å². The first-order chi connectivity index (χ1) is 10.7. The fourth-order valence-corrected chi connectivity index (χ4v) is 3.45. The standard InChI is InChI=1S/C16H23N3O2S/c20-22(21,14-16-8-4-3-5-9-16)18-10-6-1-2-7-12-19-13-11-17-15-19/h3-5,8-9,11,13,15,18H,1-2,6-7,10,12,14H2. The van der Waals surface area contributed by atoms with E-state index in [9.17, 15) is 8.42 Å². The van der Waals surface area contributed by atoms with E-state index in [0.29, 0.717) is 6.54 Å². The van der Waals surface area contributed by atoms with Gasteiger partial charge in [-0.3, -0.25) is 0 Å². The third-order valence-electron chi connectivity index (χ3n) is 3.42. The molecular formula is C16H23N3O2S. The Labute approximate surface area is 132 Å². The van der Waals surface area contributed by atoms with Crippen molar-refractivity contribution in [2.45, 2.75) is 38.0 Å². The van der Waals surface area contributed by atoms with Crippen molar-refractivity contribution >= 4 is 10.0 Å². The molecule has 0 bridgehead atoms.